The van der Waals surface area contributed by atoms with Gasteiger partial charge >= 0.3 is 0 Å². The van der Waals surface area contributed by atoms with Gasteiger partial charge in [-0.1, -0.05) is 25.1 Å². The zero-order chi connectivity index (χ0) is 18.4. The first kappa shape index (κ1) is 16.4. The number of nitrogens with zero attached hydrogens (tertiary/aromatic N) is 1. The molecule has 6 heteroatoms. The number of fused-ring (bicyclic) bond motifs is 4. The zero-order valence-electron chi connectivity index (χ0n) is 15.1. The number of rotatable bonds is 2. The van der Waals surface area contributed by atoms with E-state index in [2.05, 4.69) is 46.4 Å². The van der Waals surface area contributed by atoms with E-state index in [0.717, 1.165) is 41.7 Å². The van der Waals surface area contributed by atoms with Gasteiger partial charge in [0, 0.05) is 34.9 Å². The van der Waals surface area contributed by atoms with Crippen LogP contribution in [0, 0.1) is 0 Å². The summed E-state index contributed by atoms with van der Waals surface area (Å²) < 4.78 is 10.8. The maximum absolute atomic E-state index is 5.77. The molecule has 2 aliphatic rings. The van der Waals surface area contributed by atoms with Crippen LogP contribution in [0.3, 0.4) is 0 Å². The van der Waals surface area contributed by atoms with E-state index in [9.17, 15) is 0 Å². The van der Waals surface area contributed by atoms with Crippen molar-refractivity contribution < 1.29 is 9.47 Å². The van der Waals surface area contributed by atoms with Gasteiger partial charge in [-0.15, -0.1) is 0 Å². The molecule has 3 aromatic rings. The topological polar surface area (TPSA) is 49.5 Å². The highest BCUT2D eigenvalue weighted by Gasteiger charge is 2.30. The Morgan fingerprint density at radius 3 is 2.96 bits per heavy atom. The fourth-order valence-corrected chi connectivity index (χ4v) is 4.49. The third kappa shape index (κ3) is 2.72. The molecule has 0 radical (unpaired) electrons. The first-order chi connectivity index (χ1) is 13.2. The van der Waals surface area contributed by atoms with Crippen LogP contribution in [-0.4, -0.2) is 28.3 Å². The monoisotopic (exact) mass is 379 g/mol. The van der Waals surface area contributed by atoms with Gasteiger partial charge in [0.1, 0.15) is 0 Å². The van der Waals surface area contributed by atoms with Crippen molar-refractivity contribution in [1.29, 1.82) is 0 Å². The molecule has 0 aliphatic carbocycles. The van der Waals surface area contributed by atoms with Crippen LogP contribution in [0.5, 0.6) is 11.5 Å². The molecule has 0 fully saturated rings. The van der Waals surface area contributed by atoms with Gasteiger partial charge in [0.05, 0.1) is 6.04 Å². The second-order valence-electron chi connectivity index (χ2n) is 6.93. The third-order valence-corrected chi connectivity index (χ3v) is 5.77. The minimum absolute atomic E-state index is 0.246. The summed E-state index contributed by atoms with van der Waals surface area (Å²) in [6.07, 6.45) is 1.97. The van der Waals surface area contributed by atoms with Crippen molar-refractivity contribution in [2.45, 2.75) is 25.8 Å². The molecule has 2 N–H and O–H groups in total. The molecule has 138 valence electrons. The molecule has 0 saturated carbocycles. The van der Waals surface area contributed by atoms with Gasteiger partial charge in [0.2, 0.25) is 6.79 Å². The molecule has 3 heterocycles. The summed E-state index contributed by atoms with van der Waals surface area (Å²) in [5.41, 5.74) is 4.85. The molecule has 2 aliphatic heterocycles. The molecule has 1 atom stereocenters. The number of aromatic nitrogens is 1. The van der Waals surface area contributed by atoms with Crippen molar-refractivity contribution in [2.24, 2.45) is 0 Å². The second-order valence-corrected chi connectivity index (χ2v) is 7.32. The van der Waals surface area contributed by atoms with Gasteiger partial charge in [-0.05, 0) is 48.8 Å². The number of aromatic amines is 1. The van der Waals surface area contributed by atoms with E-state index >= 15 is 0 Å². The molecule has 1 aromatic heterocycles. The minimum Gasteiger partial charge on any atom is -0.454 e. The van der Waals surface area contributed by atoms with E-state index < -0.39 is 0 Å². The van der Waals surface area contributed by atoms with Crippen LogP contribution in [0.2, 0.25) is 0 Å². The number of benzene rings is 2. The van der Waals surface area contributed by atoms with Crippen LogP contribution in [0.4, 0.5) is 5.69 Å². The van der Waals surface area contributed by atoms with Crippen LogP contribution in [0.15, 0.2) is 42.5 Å². The van der Waals surface area contributed by atoms with Crippen molar-refractivity contribution in [3.05, 3.63) is 53.7 Å². The van der Waals surface area contributed by atoms with Crippen molar-refractivity contribution >= 4 is 33.9 Å². The summed E-state index contributed by atoms with van der Waals surface area (Å²) in [6.45, 7) is 3.39. The molecule has 2 aromatic carbocycles. The largest absolute Gasteiger partial charge is 0.454 e. The van der Waals surface area contributed by atoms with Gasteiger partial charge in [0.25, 0.3) is 0 Å². The van der Waals surface area contributed by atoms with Crippen molar-refractivity contribution in [2.75, 3.05) is 18.7 Å². The number of ether oxygens (including phenoxy) is 2. The number of para-hydroxylation sites is 1. The normalized spacial score (nSPS) is 17.8. The number of hydrogen-bond donors (Lipinski definition) is 2. The highest BCUT2D eigenvalue weighted by atomic mass is 32.1. The molecular formula is C21H21N3O2S. The Labute approximate surface area is 163 Å². The lowest BCUT2D eigenvalue weighted by Crippen LogP contribution is -2.42. The van der Waals surface area contributed by atoms with E-state index in [0.29, 0.717) is 0 Å². The Morgan fingerprint density at radius 2 is 2.07 bits per heavy atom. The zero-order valence-corrected chi connectivity index (χ0v) is 15.9. The predicted molar refractivity (Wildman–Crippen MR) is 111 cm³/mol. The summed E-state index contributed by atoms with van der Waals surface area (Å²) in [5, 5.41) is 5.45. The van der Waals surface area contributed by atoms with E-state index in [1.165, 1.54) is 22.2 Å². The highest BCUT2D eigenvalue weighted by Crippen LogP contribution is 2.37. The van der Waals surface area contributed by atoms with Gasteiger partial charge in [0.15, 0.2) is 16.6 Å². The molecule has 0 spiro atoms. The fraction of sp³-hybridized carbons (Fsp3) is 0.286. The average Bonchev–Trinajstić information content (AvgIpc) is 3.30. The minimum atomic E-state index is 0.246. The molecular weight excluding hydrogens is 358 g/mol. The smallest absolute Gasteiger partial charge is 0.231 e. The van der Waals surface area contributed by atoms with E-state index in [1.807, 2.05) is 18.2 Å². The quantitative estimate of drug-likeness (QED) is 0.637. The number of anilines is 1. The Bertz CT molecular complexity index is 1030. The van der Waals surface area contributed by atoms with Crippen LogP contribution >= 0.6 is 12.2 Å². The third-order valence-electron chi connectivity index (χ3n) is 5.43. The van der Waals surface area contributed by atoms with Crippen molar-refractivity contribution in [1.82, 2.24) is 9.88 Å². The second kappa shape index (κ2) is 6.46. The molecule has 0 bridgehead atoms. The van der Waals surface area contributed by atoms with E-state index in [1.54, 1.807) is 0 Å². The van der Waals surface area contributed by atoms with Crippen LogP contribution in [0.25, 0.3) is 10.9 Å². The number of thiocarbonyl (C=S) groups is 1. The van der Waals surface area contributed by atoms with Crippen LogP contribution in [0.1, 0.15) is 30.6 Å². The molecule has 5 nitrogen and oxygen atoms in total. The lowest BCUT2D eigenvalue weighted by molar-refractivity contribution is 0.174. The summed E-state index contributed by atoms with van der Waals surface area (Å²) >= 11 is 5.77. The van der Waals surface area contributed by atoms with E-state index in [4.69, 9.17) is 21.7 Å². The lowest BCUT2D eigenvalue weighted by atomic mass is 9.96. The SMILES string of the molecule is CCC1c2[nH]c3ccccc3c2CCN1C(=S)Nc1ccc2c(c1)OCO2. The molecule has 27 heavy (non-hydrogen) atoms. The van der Waals surface area contributed by atoms with Crippen LogP contribution < -0.4 is 14.8 Å². The number of hydrogen-bond acceptors (Lipinski definition) is 3. The van der Waals surface area contributed by atoms with Gasteiger partial charge in [-0.2, -0.15) is 0 Å². The number of nitrogens with one attached hydrogen (secondary N) is 2. The standard InChI is InChI=1S/C21H21N3O2S/c1-2-17-20-15(14-5-3-4-6-16(14)23-20)9-10-24(17)21(27)22-13-7-8-18-19(11-13)26-12-25-18/h3-8,11,17,23H,2,9-10,12H2,1H3,(H,22,27). The summed E-state index contributed by atoms with van der Waals surface area (Å²) in [6, 6.07) is 14.6. The Kier molecular flexibility index (Phi) is 3.93. The van der Waals surface area contributed by atoms with Crippen LogP contribution in [-0.2, 0) is 6.42 Å². The lowest BCUT2D eigenvalue weighted by Gasteiger charge is -2.37. The van der Waals surface area contributed by atoms with Crippen molar-refractivity contribution in [3.8, 4) is 11.5 Å². The Balaban J connectivity index is 1.42. The van der Waals surface area contributed by atoms with Gasteiger partial charge < -0.3 is 24.7 Å². The first-order valence-electron chi connectivity index (χ1n) is 9.31. The van der Waals surface area contributed by atoms with Gasteiger partial charge in [-0.3, -0.25) is 0 Å². The number of H-pyrrole nitrogens is 1. The Morgan fingerprint density at radius 1 is 1.22 bits per heavy atom. The predicted octanol–water partition coefficient (Wildman–Crippen LogP) is 4.60. The molecule has 5 rings (SSSR count). The highest BCUT2D eigenvalue weighted by molar-refractivity contribution is 7.80. The van der Waals surface area contributed by atoms with Crippen molar-refractivity contribution in [3.63, 3.8) is 0 Å². The fourth-order valence-electron chi connectivity index (χ4n) is 4.16. The molecule has 0 amide bonds. The van der Waals surface area contributed by atoms with Gasteiger partial charge in [-0.25, -0.2) is 0 Å². The molecule has 1 unspecified atom stereocenters. The molecule has 0 saturated heterocycles. The maximum atomic E-state index is 5.77. The average molecular weight is 379 g/mol. The Hall–Kier alpha value is -2.73. The maximum Gasteiger partial charge on any atom is 0.231 e. The summed E-state index contributed by atoms with van der Waals surface area (Å²) in [5.74, 6) is 1.53. The summed E-state index contributed by atoms with van der Waals surface area (Å²) in [7, 11) is 0. The van der Waals surface area contributed by atoms with E-state index in [-0.39, 0.29) is 12.8 Å². The summed E-state index contributed by atoms with van der Waals surface area (Å²) in [4.78, 5) is 5.92. The first-order valence-corrected chi connectivity index (χ1v) is 9.72.